The molecule has 1 aromatic heterocycles. The van der Waals surface area contributed by atoms with Gasteiger partial charge in [-0.25, -0.2) is 4.39 Å². The average Bonchev–Trinajstić information content (AvgIpc) is 3.26. The number of hydrogen-bond donors (Lipinski definition) is 2. The Kier molecular flexibility index (Phi) is 5.59. The fourth-order valence-electron chi connectivity index (χ4n) is 3.55. The van der Waals surface area contributed by atoms with Gasteiger partial charge in [-0.1, -0.05) is 6.08 Å². The second kappa shape index (κ2) is 8.10. The normalized spacial score (nSPS) is 12.0. The van der Waals surface area contributed by atoms with E-state index in [1.165, 1.54) is 18.2 Å². The van der Waals surface area contributed by atoms with Gasteiger partial charge in [0.05, 0.1) is 11.1 Å². The number of nitrogens with one attached hydrogen (secondary N) is 2. The first-order chi connectivity index (χ1) is 13.9. The van der Waals surface area contributed by atoms with E-state index < -0.39 is 23.4 Å². The number of benzene rings is 1. The number of halogens is 1. The van der Waals surface area contributed by atoms with Crippen LogP contribution in [0.1, 0.15) is 44.1 Å². The lowest BCUT2D eigenvalue weighted by Crippen LogP contribution is -2.31. The molecule has 148 valence electrons. The Labute approximate surface area is 166 Å². The van der Waals surface area contributed by atoms with Gasteiger partial charge in [0.2, 0.25) is 0 Å². The summed E-state index contributed by atoms with van der Waals surface area (Å²) >= 11 is 0. The molecule has 0 aliphatic carbocycles. The van der Waals surface area contributed by atoms with Crippen molar-refractivity contribution in [1.82, 2.24) is 9.88 Å². The Balaban J connectivity index is 1.95. The van der Waals surface area contributed by atoms with E-state index in [1.807, 2.05) is 0 Å². The van der Waals surface area contributed by atoms with Crippen LogP contribution in [0.25, 0.3) is 0 Å². The Morgan fingerprint density at radius 2 is 2.14 bits per heavy atom. The van der Waals surface area contributed by atoms with Crippen molar-refractivity contribution < 1.29 is 18.8 Å². The fourth-order valence-corrected chi connectivity index (χ4v) is 3.55. The molecule has 7 nitrogen and oxygen atoms in total. The zero-order valence-electron chi connectivity index (χ0n) is 15.8. The Hall–Kier alpha value is -3.73. The first-order valence-electron chi connectivity index (χ1n) is 9.05. The van der Waals surface area contributed by atoms with E-state index in [9.17, 15) is 18.8 Å². The Morgan fingerprint density at radius 1 is 1.38 bits per heavy atom. The number of carbonyl (C=O) groups excluding carboxylic acids is 3. The van der Waals surface area contributed by atoms with Crippen LogP contribution in [0.2, 0.25) is 0 Å². The number of carbonyl (C=O) groups is 3. The van der Waals surface area contributed by atoms with E-state index in [2.05, 4.69) is 17.2 Å². The second-order valence-electron chi connectivity index (χ2n) is 6.64. The molecule has 0 bridgehead atoms. The zero-order valence-corrected chi connectivity index (χ0v) is 15.8. The lowest BCUT2D eigenvalue weighted by atomic mass is 10.0. The monoisotopic (exact) mass is 394 g/mol. The minimum Gasteiger partial charge on any atom is -0.346 e. The number of fused-ring (bicyclic) bond motifs is 1. The average molecular weight is 394 g/mol. The number of anilines is 1. The quantitative estimate of drug-likeness (QED) is 0.446. The van der Waals surface area contributed by atoms with Gasteiger partial charge in [0.1, 0.15) is 17.6 Å². The zero-order chi connectivity index (χ0) is 21.1. The molecule has 29 heavy (non-hydrogen) atoms. The molecule has 2 amide bonds. The minimum atomic E-state index is -0.752. The molecule has 0 saturated carbocycles. The predicted molar refractivity (Wildman–Crippen MR) is 104 cm³/mol. The van der Waals surface area contributed by atoms with Crippen molar-refractivity contribution in [2.45, 2.75) is 26.3 Å². The number of ketones is 1. The minimum absolute atomic E-state index is 0.165. The van der Waals surface area contributed by atoms with Crippen LogP contribution in [0.4, 0.5) is 10.1 Å². The highest BCUT2D eigenvalue weighted by molar-refractivity contribution is 6.43. The smallest absolute Gasteiger partial charge is 0.292 e. The maximum atomic E-state index is 13.5. The van der Waals surface area contributed by atoms with Gasteiger partial charge in [0, 0.05) is 24.5 Å². The van der Waals surface area contributed by atoms with Gasteiger partial charge in [-0.3, -0.25) is 14.4 Å². The molecule has 0 atom stereocenters. The summed E-state index contributed by atoms with van der Waals surface area (Å²) < 4.78 is 15.3. The van der Waals surface area contributed by atoms with E-state index in [1.54, 1.807) is 17.6 Å². The summed E-state index contributed by atoms with van der Waals surface area (Å²) in [5.41, 5.74) is 1.67. The van der Waals surface area contributed by atoms with Gasteiger partial charge in [-0.05, 0) is 43.5 Å². The van der Waals surface area contributed by atoms with E-state index in [0.29, 0.717) is 24.2 Å². The van der Waals surface area contributed by atoms with Crippen LogP contribution < -0.4 is 10.6 Å². The molecular formula is C21H19FN4O3. The predicted octanol–water partition coefficient (Wildman–Crippen LogP) is 2.49. The van der Waals surface area contributed by atoms with Crippen molar-refractivity contribution in [3.8, 4) is 6.07 Å². The highest BCUT2D eigenvalue weighted by atomic mass is 19.1. The van der Waals surface area contributed by atoms with Gasteiger partial charge < -0.3 is 15.2 Å². The fraction of sp³-hybridized carbons (Fsp3) is 0.238. The number of nitrogens with zero attached hydrogens (tertiary/aromatic N) is 2. The van der Waals surface area contributed by atoms with E-state index in [4.69, 9.17) is 5.26 Å². The molecule has 2 aromatic rings. The molecule has 1 aliphatic heterocycles. The number of rotatable bonds is 6. The summed E-state index contributed by atoms with van der Waals surface area (Å²) in [4.78, 5) is 37.7. The van der Waals surface area contributed by atoms with Crippen molar-refractivity contribution in [2.75, 3.05) is 11.9 Å². The summed E-state index contributed by atoms with van der Waals surface area (Å²) in [7, 11) is 0. The highest BCUT2D eigenvalue weighted by Crippen LogP contribution is 2.30. The molecule has 1 aliphatic rings. The lowest BCUT2D eigenvalue weighted by molar-refractivity contribution is -0.116. The molecule has 0 spiro atoms. The standard InChI is InChI=1S/C21H19FN4O3/c1-3-8-24-21(29)19(27)17-12(2)18(26-9-4-5-16(17)26)20(28)25-14-6-7-15(22)13(10-14)11-23/h3,6-7,10H,1,4-5,8-9H2,2H3,(H,24,29)(H,25,28). The van der Waals surface area contributed by atoms with Gasteiger partial charge in [0.15, 0.2) is 0 Å². The van der Waals surface area contributed by atoms with Crippen molar-refractivity contribution in [1.29, 1.82) is 5.26 Å². The molecular weight excluding hydrogens is 375 g/mol. The summed E-state index contributed by atoms with van der Waals surface area (Å²) in [6.45, 7) is 5.84. The molecule has 0 radical (unpaired) electrons. The van der Waals surface area contributed by atoms with Crippen LogP contribution in [0.3, 0.4) is 0 Å². The van der Waals surface area contributed by atoms with Crippen LogP contribution in [0.5, 0.6) is 0 Å². The molecule has 8 heteroatoms. The molecule has 0 saturated heterocycles. The third-order valence-electron chi connectivity index (χ3n) is 4.81. The Bertz CT molecular complexity index is 1080. The summed E-state index contributed by atoms with van der Waals surface area (Å²) in [5, 5.41) is 14.1. The SMILES string of the molecule is C=CCNC(=O)C(=O)c1c(C)c(C(=O)Nc2ccc(F)c(C#N)c2)n2c1CCC2. The Morgan fingerprint density at radius 3 is 2.83 bits per heavy atom. The third-order valence-corrected chi connectivity index (χ3v) is 4.81. The van der Waals surface area contributed by atoms with Crippen molar-refractivity contribution in [2.24, 2.45) is 0 Å². The maximum Gasteiger partial charge on any atom is 0.292 e. The van der Waals surface area contributed by atoms with Gasteiger partial charge >= 0.3 is 0 Å². The van der Waals surface area contributed by atoms with Crippen LogP contribution >= 0.6 is 0 Å². The molecule has 0 unspecified atom stereocenters. The van der Waals surface area contributed by atoms with Crippen molar-refractivity contribution in [3.63, 3.8) is 0 Å². The largest absolute Gasteiger partial charge is 0.346 e. The molecule has 2 heterocycles. The first-order valence-corrected chi connectivity index (χ1v) is 9.05. The van der Waals surface area contributed by atoms with Crippen LogP contribution in [0.15, 0.2) is 30.9 Å². The summed E-state index contributed by atoms with van der Waals surface area (Å²) in [6, 6.07) is 5.42. The highest BCUT2D eigenvalue weighted by Gasteiger charge is 2.32. The molecule has 3 rings (SSSR count). The number of hydrogen-bond acceptors (Lipinski definition) is 4. The molecule has 2 N–H and O–H groups in total. The van der Waals surface area contributed by atoms with Gasteiger partial charge in [-0.15, -0.1) is 6.58 Å². The second-order valence-corrected chi connectivity index (χ2v) is 6.64. The first kappa shape index (κ1) is 20.0. The molecule has 0 fully saturated rings. The lowest BCUT2D eigenvalue weighted by Gasteiger charge is -2.09. The van der Waals surface area contributed by atoms with Gasteiger partial charge in [-0.2, -0.15) is 5.26 Å². The number of Topliss-reactive ketones (excluding diaryl/α,β-unsaturated/α-hetero) is 1. The number of nitriles is 1. The summed E-state index contributed by atoms with van der Waals surface area (Å²) in [6.07, 6.45) is 2.80. The number of aromatic nitrogens is 1. The number of amides is 2. The van der Waals surface area contributed by atoms with E-state index in [-0.39, 0.29) is 29.1 Å². The topological polar surface area (TPSA) is 104 Å². The van der Waals surface area contributed by atoms with Crippen LogP contribution in [0, 0.1) is 24.1 Å². The third kappa shape index (κ3) is 3.67. The van der Waals surface area contributed by atoms with E-state index in [0.717, 1.165) is 12.5 Å². The maximum absolute atomic E-state index is 13.5. The van der Waals surface area contributed by atoms with Crippen LogP contribution in [-0.4, -0.2) is 28.7 Å². The van der Waals surface area contributed by atoms with Gasteiger partial charge in [0.25, 0.3) is 17.6 Å². The van der Waals surface area contributed by atoms with Crippen molar-refractivity contribution in [3.05, 3.63) is 64.7 Å². The van der Waals surface area contributed by atoms with Crippen LogP contribution in [-0.2, 0) is 17.8 Å². The summed E-state index contributed by atoms with van der Waals surface area (Å²) in [5.74, 6) is -2.62. The molecule has 1 aromatic carbocycles. The van der Waals surface area contributed by atoms with Crippen molar-refractivity contribution >= 4 is 23.3 Å². The van der Waals surface area contributed by atoms with E-state index >= 15 is 0 Å².